The van der Waals surface area contributed by atoms with Crippen LogP contribution >= 0.6 is 0 Å². The number of carbonyl (C=O) groups is 2. The lowest BCUT2D eigenvalue weighted by Gasteiger charge is -2.31. The molecule has 0 aliphatic carbocycles. The van der Waals surface area contributed by atoms with Crippen molar-refractivity contribution in [2.45, 2.75) is 38.7 Å². The van der Waals surface area contributed by atoms with Crippen molar-refractivity contribution in [2.24, 2.45) is 5.92 Å². The Balaban J connectivity index is 1.86. The monoisotopic (exact) mass is 378 g/mol. The van der Waals surface area contributed by atoms with E-state index in [1.807, 2.05) is 11.8 Å². The van der Waals surface area contributed by atoms with Crippen LogP contribution in [0.1, 0.15) is 44.3 Å². The average molecular weight is 378 g/mol. The zero-order valence-electron chi connectivity index (χ0n) is 16.4. The first-order chi connectivity index (χ1) is 13.0. The number of hydrogen-bond acceptors (Lipinski definition) is 5. The van der Waals surface area contributed by atoms with Crippen molar-refractivity contribution in [3.05, 3.63) is 23.8 Å². The predicted octanol–water partition coefficient (Wildman–Crippen LogP) is 1.89. The van der Waals surface area contributed by atoms with Crippen molar-refractivity contribution in [2.75, 3.05) is 33.9 Å². The molecule has 27 heavy (non-hydrogen) atoms. The summed E-state index contributed by atoms with van der Waals surface area (Å²) < 4.78 is 10.5. The van der Waals surface area contributed by atoms with Gasteiger partial charge in [0.15, 0.2) is 0 Å². The van der Waals surface area contributed by atoms with E-state index in [0.717, 1.165) is 6.42 Å². The van der Waals surface area contributed by atoms with Crippen molar-refractivity contribution in [3.8, 4) is 11.5 Å². The fraction of sp³-hybridized carbons (Fsp3) is 0.600. The summed E-state index contributed by atoms with van der Waals surface area (Å²) in [5, 5.41) is 13.3. The molecule has 1 saturated heterocycles. The summed E-state index contributed by atoms with van der Waals surface area (Å²) in [6, 6.07) is 5.18. The van der Waals surface area contributed by atoms with Gasteiger partial charge in [-0.1, -0.05) is 6.92 Å². The Morgan fingerprint density at radius 3 is 2.56 bits per heavy atom. The van der Waals surface area contributed by atoms with Gasteiger partial charge in [-0.25, -0.2) is 0 Å². The average Bonchev–Trinajstić information content (AvgIpc) is 2.71. The summed E-state index contributed by atoms with van der Waals surface area (Å²) in [5.74, 6) is 1.10. The van der Waals surface area contributed by atoms with Gasteiger partial charge in [0.2, 0.25) is 11.8 Å². The van der Waals surface area contributed by atoms with E-state index in [1.54, 1.807) is 25.3 Å². The molecule has 1 aliphatic rings. The van der Waals surface area contributed by atoms with Crippen LogP contribution in [-0.2, 0) is 9.59 Å². The lowest BCUT2D eigenvalue weighted by molar-refractivity contribution is -0.135. The normalized spacial score (nSPS) is 15.9. The van der Waals surface area contributed by atoms with Gasteiger partial charge in [0, 0.05) is 37.5 Å². The first kappa shape index (κ1) is 21.0. The molecule has 1 aromatic carbocycles. The number of benzene rings is 1. The van der Waals surface area contributed by atoms with E-state index in [-0.39, 0.29) is 24.3 Å². The van der Waals surface area contributed by atoms with Gasteiger partial charge in [0.25, 0.3) is 0 Å². The molecule has 150 valence electrons. The minimum Gasteiger partial charge on any atom is -0.497 e. The minimum atomic E-state index is -0.898. The molecule has 0 aromatic heterocycles. The molecule has 2 rings (SSSR count). The van der Waals surface area contributed by atoms with Crippen LogP contribution in [0.4, 0.5) is 0 Å². The third kappa shape index (κ3) is 5.60. The molecule has 1 fully saturated rings. The number of methoxy groups -OCH3 is 2. The van der Waals surface area contributed by atoms with E-state index >= 15 is 0 Å². The molecule has 1 aromatic rings. The second-order valence-corrected chi connectivity index (χ2v) is 6.77. The van der Waals surface area contributed by atoms with Crippen LogP contribution in [0.5, 0.6) is 11.5 Å². The summed E-state index contributed by atoms with van der Waals surface area (Å²) in [5.41, 5.74) is 0.567. The Kier molecular flexibility index (Phi) is 7.91. The Bertz CT molecular complexity index is 641. The Labute approximate surface area is 160 Å². The van der Waals surface area contributed by atoms with E-state index in [0.29, 0.717) is 49.4 Å². The lowest BCUT2D eigenvalue weighted by atomic mass is 9.95. The van der Waals surface area contributed by atoms with Crippen LogP contribution in [0.2, 0.25) is 0 Å². The van der Waals surface area contributed by atoms with Crippen molar-refractivity contribution < 1.29 is 24.2 Å². The van der Waals surface area contributed by atoms with Gasteiger partial charge < -0.3 is 24.8 Å². The molecule has 2 amide bonds. The van der Waals surface area contributed by atoms with Crippen LogP contribution in [0.25, 0.3) is 0 Å². The van der Waals surface area contributed by atoms with Crippen LogP contribution in [0.3, 0.4) is 0 Å². The predicted molar refractivity (Wildman–Crippen MR) is 102 cm³/mol. The number of carbonyl (C=O) groups excluding carboxylic acids is 2. The van der Waals surface area contributed by atoms with E-state index < -0.39 is 6.10 Å². The summed E-state index contributed by atoms with van der Waals surface area (Å²) in [7, 11) is 3.08. The van der Waals surface area contributed by atoms with Crippen molar-refractivity contribution >= 4 is 11.8 Å². The number of nitrogens with one attached hydrogen (secondary N) is 1. The van der Waals surface area contributed by atoms with Crippen molar-refractivity contribution in [1.82, 2.24) is 10.2 Å². The molecule has 7 nitrogen and oxygen atoms in total. The zero-order chi connectivity index (χ0) is 19.8. The number of hydrogen-bond donors (Lipinski definition) is 2. The van der Waals surface area contributed by atoms with Crippen LogP contribution in [-0.4, -0.2) is 55.7 Å². The molecule has 0 spiro atoms. The van der Waals surface area contributed by atoms with Crippen molar-refractivity contribution in [1.29, 1.82) is 0 Å². The highest BCUT2D eigenvalue weighted by Crippen LogP contribution is 2.29. The third-order valence-electron chi connectivity index (χ3n) is 4.95. The van der Waals surface area contributed by atoms with Gasteiger partial charge in [-0.15, -0.1) is 0 Å². The van der Waals surface area contributed by atoms with E-state index in [4.69, 9.17) is 9.47 Å². The maximum absolute atomic E-state index is 12.4. The summed E-state index contributed by atoms with van der Waals surface area (Å²) in [6.07, 6.45) is 1.81. The molecular formula is C20H30N2O5. The number of piperidine rings is 1. The molecular weight excluding hydrogens is 348 g/mol. The molecule has 1 unspecified atom stereocenters. The van der Waals surface area contributed by atoms with Gasteiger partial charge in [-0.2, -0.15) is 0 Å². The van der Waals surface area contributed by atoms with E-state index in [1.165, 1.54) is 7.11 Å². The van der Waals surface area contributed by atoms with Crippen LogP contribution in [0.15, 0.2) is 18.2 Å². The lowest BCUT2D eigenvalue weighted by Crippen LogP contribution is -2.43. The number of aliphatic hydroxyl groups is 1. The standard InChI is InChI=1S/C20H30N2O5/c1-4-5-19(24)22-10-8-14(9-11-22)20(25)21-13-17(23)16-12-15(26-2)6-7-18(16)27-3/h6-7,12,14,17,23H,4-5,8-11,13H2,1-3H3,(H,21,25). The van der Waals surface area contributed by atoms with Crippen molar-refractivity contribution in [3.63, 3.8) is 0 Å². The van der Waals surface area contributed by atoms with Crippen LogP contribution < -0.4 is 14.8 Å². The second-order valence-electron chi connectivity index (χ2n) is 6.77. The van der Waals surface area contributed by atoms with Gasteiger partial charge in [-0.3, -0.25) is 9.59 Å². The molecule has 1 aliphatic heterocycles. The molecule has 2 N–H and O–H groups in total. The smallest absolute Gasteiger partial charge is 0.223 e. The van der Waals surface area contributed by atoms with Gasteiger partial charge in [0.1, 0.15) is 11.5 Å². The maximum atomic E-state index is 12.4. The molecule has 0 saturated carbocycles. The number of likely N-dealkylation sites (tertiary alicyclic amines) is 1. The Morgan fingerprint density at radius 1 is 1.26 bits per heavy atom. The number of amides is 2. The fourth-order valence-electron chi connectivity index (χ4n) is 3.31. The first-order valence-electron chi connectivity index (χ1n) is 9.45. The Morgan fingerprint density at radius 2 is 1.96 bits per heavy atom. The quantitative estimate of drug-likeness (QED) is 0.721. The van der Waals surface area contributed by atoms with Gasteiger partial charge in [0.05, 0.1) is 20.3 Å². The third-order valence-corrected chi connectivity index (χ3v) is 4.95. The molecule has 7 heteroatoms. The van der Waals surface area contributed by atoms with E-state index in [2.05, 4.69) is 5.32 Å². The zero-order valence-corrected chi connectivity index (χ0v) is 16.4. The molecule has 0 bridgehead atoms. The largest absolute Gasteiger partial charge is 0.497 e. The van der Waals surface area contributed by atoms with E-state index in [9.17, 15) is 14.7 Å². The highest BCUT2D eigenvalue weighted by molar-refractivity contribution is 5.80. The molecule has 1 atom stereocenters. The number of nitrogens with zero attached hydrogens (tertiary/aromatic N) is 1. The van der Waals surface area contributed by atoms with Gasteiger partial charge in [-0.05, 0) is 37.5 Å². The summed E-state index contributed by atoms with van der Waals surface area (Å²) in [6.45, 7) is 3.31. The van der Waals surface area contributed by atoms with Gasteiger partial charge >= 0.3 is 0 Å². The molecule has 1 heterocycles. The second kappa shape index (κ2) is 10.2. The number of aliphatic hydroxyl groups excluding tert-OH is 1. The summed E-state index contributed by atoms with van der Waals surface area (Å²) >= 11 is 0. The topological polar surface area (TPSA) is 88.1 Å². The number of ether oxygens (including phenoxy) is 2. The minimum absolute atomic E-state index is 0.0847. The Hall–Kier alpha value is -2.28. The SMILES string of the molecule is CCCC(=O)N1CCC(C(=O)NCC(O)c2cc(OC)ccc2OC)CC1. The highest BCUT2D eigenvalue weighted by atomic mass is 16.5. The first-order valence-corrected chi connectivity index (χ1v) is 9.45. The van der Waals surface area contributed by atoms with Crippen LogP contribution in [0, 0.1) is 5.92 Å². The summed E-state index contributed by atoms with van der Waals surface area (Å²) in [4.78, 5) is 26.2. The highest BCUT2D eigenvalue weighted by Gasteiger charge is 2.27. The fourth-order valence-corrected chi connectivity index (χ4v) is 3.31. The molecule has 0 radical (unpaired) electrons. The number of rotatable bonds is 8. The maximum Gasteiger partial charge on any atom is 0.223 e.